The summed E-state index contributed by atoms with van der Waals surface area (Å²) >= 11 is 0. The molecular weight excluding hydrogens is 395 g/mol. The molecule has 1 aliphatic rings. The van der Waals surface area contributed by atoms with Crippen LogP contribution in [0.15, 0.2) is 48.5 Å². The summed E-state index contributed by atoms with van der Waals surface area (Å²) in [4.78, 5) is 22.8. The highest BCUT2D eigenvalue weighted by atomic mass is 19.4. The average molecular weight is 417 g/mol. The fourth-order valence-corrected chi connectivity index (χ4v) is 3.76. The molecule has 1 aromatic heterocycles. The van der Waals surface area contributed by atoms with Crippen molar-refractivity contribution in [2.75, 3.05) is 19.7 Å². The number of alkyl halides is 3. The summed E-state index contributed by atoms with van der Waals surface area (Å²) in [7, 11) is 0. The van der Waals surface area contributed by atoms with Crippen LogP contribution in [0.5, 0.6) is 0 Å². The zero-order valence-corrected chi connectivity index (χ0v) is 16.3. The summed E-state index contributed by atoms with van der Waals surface area (Å²) in [6.07, 6.45) is -2.50. The number of carbonyl (C=O) groups is 1. The van der Waals surface area contributed by atoms with Crippen molar-refractivity contribution in [3.8, 4) is 0 Å². The lowest BCUT2D eigenvalue weighted by molar-refractivity contribution is -0.176. The van der Waals surface area contributed by atoms with E-state index < -0.39 is 12.8 Å². The Kier molecular flexibility index (Phi) is 5.76. The molecule has 30 heavy (non-hydrogen) atoms. The van der Waals surface area contributed by atoms with Crippen LogP contribution in [0.1, 0.15) is 40.5 Å². The highest BCUT2D eigenvalue weighted by Gasteiger charge is 2.28. The second-order valence-electron chi connectivity index (χ2n) is 7.53. The Bertz CT molecular complexity index is 981. The van der Waals surface area contributed by atoms with Gasteiger partial charge in [-0.05, 0) is 42.7 Å². The molecule has 0 aliphatic carbocycles. The van der Waals surface area contributed by atoms with Crippen LogP contribution in [-0.4, -0.2) is 46.6 Å². The Labute approximate surface area is 171 Å². The number of carbonyl (C=O) groups excluding carboxylic acids is 1. The Morgan fingerprint density at radius 3 is 2.67 bits per heavy atom. The number of H-pyrrole nitrogens is 1. The van der Waals surface area contributed by atoms with Crippen LogP contribution in [0.4, 0.5) is 13.2 Å². The van der Waals surface area contributed by atoms with E-state index in [1.807, 2.05) is 29.2 Å². The van der Waals surface area contributed by atoms with Gasteiger partial charge in [-0.1, -0.05) is 24.3 Å². The smallest absolute Gasteiger partial charge is 0.367 e. The molecule has 8 heteroatoms. The average Bonchev–Trinajstić information content (AvgIpc) is 3.17. The number of para-hydroxylation sites is 2. The van der Waals surface area contributed by atoms with E-state index in [1.54, 1.807) is 24.3 Å². The van der Waals surface area contributed by atoms with Crippen molar-refractivity contribution < 1.29 is 22.7 Å². The number of nitrogens with one attached hydrogen (secondary N) is 1. The Hall–Kier alpha value is -2.87. The van der Waals surface area contributed by atoms with Gasteiger partial charge < -0.3 is 14.6 Å². The molecule has 0 spiro atoms. The van der Waals surface area contributed by atoms with Crippen molar-refractivity contribution >= 4 is 16.9 Å². The molecule has 158 valence electrons. The van der Waals surface area contributed by atoms with Crippen molar-refractivity contribution in [3.05, 3.63) is 65.5 Å². The highest BCUT2D eigenvalue weighted by molar-refractivity contribution is 5.94. The molecule has 1 N–H and O–H groups in total. The van der Waals surface area contributed by atoms with Gasteiger partial charge in [-0.25, -0.2) is 4.98 Å². The number of rotatable bonds is 5. The number of aromatic amines is 1. The largest absolute Gasteiger partial charge is 0.411 e. The van der Waals surface area contributed by atoms with Crippen molar-refractivity contribution in [2.45, 2.75) is 31.5 Å². The van der Waals surface area contributed by atoms with Crippen molar-refractivity contribution in [2.24, 2.45) is 0 Å². The predicted molar refractivity (Wildman–Crippen MR) is 106 cm³/mol. The topological polar surface area (TPSA) is 58.2 Å². The van der Waals surface area contributed by atoms with E-state index in [9.17, 15) is 18.0 Å². The van der Waals surface area contributed by atoms with Gasteiger partial charge in [0.25, 0.3) is 5.91 Å². The third-order valence-corrected chi connectivity index (χ3v) is 5.24. The summed E-state index contributed by atoms with van der Waals surface area (Å²) in [5.74, 6) is 0.953. The van der Waals surface area contributed by atoms with Gasteiger partial charge in [-0.3, -0.25) is 4.79 Å². The molecule has 0 radical (unpaired) electrons. The summed E-state index contributed by atoms with van der Waals surface area (Å²) < 4.78 is 41.2. The molecule has 4 rings (SSSR count). The number of piperidine rings is 1. The molecule has 0 saturated carbocycles. The summed E-state index contributed by atoms with van der Waals surface area (Å²) in [6.45, 7) is -0.183. The lowest BCUT2D eigenvalue weighted by Gasteiger charge is -2.32. The molecule has 1 atom stereocenters. The van der Waals surface area contributed by atoms with Crippen molar-refractivity contribution in [1.29, 1.82) is 0 Å². The Balaban J connectivity index is 1.39. The molecule has 1 fully saturated rings. The number of ether oxygens (including phenoxy) is 1. The predicted octanol–water partition coefficient (Wildman–Crippen LogP) is 4.66. The maximum atomic E-state index is 12.9. The summed E-state index contributed by atoms with van der Waals surface area (Å²) in [6, 6.07) is 14.4. The van der Waals surface area contributed by atoms with Crippen LogP contribution in [-0.2, 0) is 11.3 Å². The minimum Gasteiger partial charge on any atom is -0.367 e. The minimum atomic E-state index is -4.35. The van der Waals surface area contributed by atoms with E-state index in [1.165, 1.54) is 0 Å². The van der Waals surface area contributed by atoms with E-state index in [0.29, 0.717) is 24.2 Å². The van der Waals surface area contributed by atoms with E-state index in [4.69, 9.17) is 0 Å². The fourth-order valence-electron chi connectivity index (χ4n) is 3.76. The maximum Gasteiger partial charge on any atom is 0.411 e. The molecular formula is C22H22F3N3O2. The number of fused-ring (bicyclic) bond motifs is 1. The van der Waals surface area contributed by atoms with Crippen LogP contribution in [0, 0.1) is 0 Å². The zero-order chi connectivity index (χ0) is 21.1. The maximum absolute atomic E-state index is 12.9. The lowest BCUT2D eigenvalue weighted by Crippen LogP contribution is -2.39. The van der Waals surface area contributed by atoms with E-state index in [0.717, 1.165) is 29.7 Å². The number of aromatic nitrogens is 2. The first-order valence-electron chi connectivity index (χ1n) is 9.86. The highest BCUT2D eigenvalue weighted by Crippen LogP contribution is 2.27. The van der Waals surface area contributed by atoms with E-state index in [2.05, 4.69) is 14.7 Å². The quantitative estimate of drug-likeness (QED) is 0.657. The van der Waals surface area contributed by atoms with Crippen LogP contribution in [0.25, 0.3) is 11.0 Å². The molecule has 5 nitrogen and oxygen atoms in total. The minimum absolute atomic E-state index is 0.0847. The van der Waals surface area contributed by atoms with E-state index >= 15 is 0 Å². The fraction of sp³-hybridized carbons (Fsp3) is 0.364. The van der Waals surface area contributed by atoms with Crippen LogP contribution in [0.3, 0.4) is 0 Å². The molecule has 3 aromatic rings. The number of imidazole rings is 1. The molecule has 2 aromatic carbocycles. The first kappa shape index (κ1) is 20.4. The first-order valence-corrected chi connectivity index (χ1v) is 9.86. The van der Waals surface area contributed by atoms with Gasteiger partial charge in [-0.2, -0.15) is 13.2 Å². The van der Waals surface area contributed by atoms with Gasteiger partial charge in [-0.15, -0.1) is 0 Å². The SMILES string of the molecule is O=C(c1ccc(COCC(F)(F)F)cc1)N1CCCC(c2nc3ccccc3[nH]2)C1. The Morgan fingerprint density at radius 2 is 1.93 bits per heavy atom. The van der Waals surface area contributed by atoms with Gasteiger partial charge in [0.1, 0.15) is 12.4 Å². The van der Waals surface area contributed by atoms with Gasteiger partial charge in [0, 0.05) is 24.6 Å². The van der Waals surface area contributed by atoms with Crippen LogP contribution < -0.4 is 0 Å². The standard InChI is InChI=1S/C22H22F3N3O2/c23-22(24,25)14-30-13-15-7-9-16(10-8-15)21(29)28-11-3-4-17(12-28)20-26-18-5-1-2-6-19(18)27-20/h1-2,5-10,17H,3-4,11-14H2,(H,26,27). The van der Waals surface area contributed by atoms with Gasteiger partial charge in [0.05, 0.1) is 17.6 Å². The molecule has 0 bridgehead atoms. The van der Waals surface area contributed by atoms with Crippen molar-refractivity contribution in [1.82, 2.24) is 14.9 Å². The Morgan fingerprint density at radius 1 is 1.17 bits per heavy atom. The monoisotopic (exact) mass is 417 g/mol. The van der Waals surface area contributed by atoms with E-state index in [-0.39, 0.29) is 18.4 Å². The number of amides is 1. The molecule has 2 heterocycles. The number of hydrogen-bond donors (Lipinski definition) is 1. The number of likely N-dealkylation sites (tertiary alicyclic amines) is 1. The van der Waals surface area contributed by atoms with Gasteiger partial charge in [0.15, 0.2) is 0 Å². The zero-order valence-electron chi connectivity index (χ0n) is 16.3. The number of hydrogen-bond acceptors (Lipinski definition) is 3. The second-order valence-corrected chi connectivity index (χ2v) is 7.53. The summed E-state index contributed by atoms with van der Waals surface area (Å²) in [5, 5.41) is 0. The van der Waals surface area contributed by atoms with Gasteiger partial charge in [0.2, 0.25) is 0 Å². The van der Waals surface area contributed by atoms with Crippen LogP contribution in [0.2, 0.25) is 0 Å². The second kappa shape index (κ2) is 8.47. The number of nitrogens with zero attached hydrogens (tertiary/aromatic N) is 2. The number of halogens is 3. The molecule has 1 amide bonds. The summed E-state index contributed by atoms with van der Waals surface area (Å²) in [5.41, 5.74) is 3.01. The molecule has 1 saturated heterocycles. The lowest BCUT2D eigenvalue weighted by atomic mass is 9.96. The number of benzene rings is 2. The normalized spacial score (nSPS) is 17.4. The molecule has 1 aliphatic heterocycles. The third kappa shape index (κ3) is 4.81. The van der Waals surface area contributed by atoms with Gasteiger partial charge >= 0.3 is 6.18 Å². The van der Waals surface area contributed by atoms with Crippen molar-refractivity contribution in [3.63, 3.8) is 0 Å². The third-order valence-electron chi connectivity index (χ3n) is 5.24. The molecule has 1 unspecified atom stereocenters. The van der Waals surface area contributed by atoms with Crippen LogP contribution >= 0.6 is 0 Å². The first-order chi connectivity index (χ1) is 14.4.